The third-order valence-corrected chi connectivity index (χ3v) is 4.24. The Morgan fingerprint density at radius 3 is 2.64 bits per heavy atom. The lowest BCUT2D eigenvalue weighted by molar-refractivity contribution is 0.727. The van der Waals surface area contributed by atoms with Crippen molar-refractivity contribution in [3.63, 3.8) is 0 Å². The first-order valence-corrected chi connectivity index (χ1v) is 8.09. The fourth-order valence-electron chi connectivity index (χ4n) is 2.26. The van der Waals surface area contributed by atoms with Gasteiger partial charge in [-0.25, -0.2) is 4.98 Å². The molecule has 0 aliphatic carbocycles. The van der Waals surface area contributed by atoms with Gasteiger partial charge in [-0.3, -0.25) is 0 Å². The highest BCUT2D eigenvalue weighted by atomic mass is 32.1. The lowest BCUT2D eigenvalue weighted by Crippen LogP contribution is -2.31. The summed E-state index contributed by atoms with van der Waals surface area (Å²) in [7, 11) is 2.06. The van der Waals surface area contributed by atoms with Crippen molar-refractivity contribution < 1.29 is 0 Å². The number of pyridine rings is 1. The van der Waals surface area contributed by atoms with E-state index in [1.54, 1.807) is 0 Å². The van der Waals surface area contributed by atoms with E-state index in [9.17, 15) is 0 Å². The molecule has 1 aromatic carbocycles. The minimum Gasteiger partial charge on any atom is -0.380 e. The summed E-state index contributed by atoms with van der Waals surface area (Å²) in [6.45, 7) is 2.85. The van der Waals surface area contributed by atoms with E-state index < -0.39 is 0 Å². The first-order chi connectivity index (χ1) is 10.6. The van der Waals surface area contributed by atoms with Crippen LogP contribution in [0.4, 0.5) is 11.5 Å². The van der Waals surface area contributed by atoms with Crippen LogP contribution in [0.5, 0.6) is 0 Å². The standard InChI is InChI=1S/C17H24N4S/c1-13(14-7-4-3-5-8-14)21(2)17-16(9-6-10-19-17)20-11-15(18)12-22/h3-10,13,15,20,22H,11-12,18H2,1-2H3/t13-,15?/m1/s1. The summed E-state index contributed by atoms with van der Waals surface area (Å²) in [6, 6.07) is 14.6. The molecule has 0 saturated carbocycles. The molecule has 1 unspecified atom stereocenters. The van der Waals surface area contributed by atoms with Crippen molar-refractivity contribution in [3.8, 4) is 0 Å². The summed E-state index contributed by atoms with van der Waals surface area (Å²) in [4.78, 5) is 6.70. The molecule has 2 aromatic rings. The summed E-state index contributed by atoms with van der Waals surface area (Å²) in [5.41, 5.74) is 8.17. The van der Waals surface area contributed by atoms with Gasteiger partial charge in [0, 0.05) is 31.6 Å². The van der Waals surface area contributed by atoms with Gasteiger partial charge in [0.25, 0.3) is 0 Å². The molecular weight excluding hydrogens is 292 g/mol. The summed E-state index contributed by atoms with van der Waals surface area (Å²) in [6.07, 6.45) is 1.81. The molecule has 0 aliphatic heterocycles. The summed E-state index contributed by atoms with van der Waals surface area (Å²) in [5, 5.41) is 3.37. The number of aromatic nitrogens is 1. The number of rotatable bonds is 7. The molecule has 1 heterocycles. The number of hydrogen-bond donors (Lipinski definition) is 3. The van der Waals surface area contributed by atoms with Crippen LogP contribution in [0.15, 0.2) is 48.7 Å². The van der Waals surface area contributed by atoms with Crippen LogP contribution in [0.2, 0.25) is 0 Å². The second kappa shape index (κ2) is 8.06. The van der Waals surface area contributed by atoms with Crippen LogP contribution in [0, 0.1) is 0 Å². The van der Waals surface area contributed by atoms with Gasteiger partial charge >= 0.3 is 0 Å². The zero-order chi connectivity index (χ0) is 15.9. The van der Waals surface area contributed by atoms with Crippen LogP contribution in [-0.4, -0.2) is 30.4 Å². The highest BCUT2D eigenvalue weighted by Crippen LogP contribution is 2.29. The van der Waals surface area contributed by atoms with E-state index in [0.29, 0.717) is 12.3 Å². The summed E-state index contributed by atoms with van der Waals surface area (Å²) < 4.78 is 0. The van der Waals surface area contributed by atoms with Crippen molar-refractivity contribution in [2.45, 2.75) is 19.0 Å². The Hall–Kier alpha value is -1.72. The van der Waals surface area contributed by atoms with E-state index in [4.69, 9.17) is 5.73 Å². The molecule has 2 atom stereocenters. The molecule has 22 heavy (non-hydrogen) atoms. The van der Waals surface area contributed by atoms with Crippen LogP contribution in [0.3, 0.4) is 0 Å². The predicted molar refractivity (Wildman–Crippen MR) is 97.8 cm³/mol. The van der Waals surface area contributed by atoms with Gasteiger partial charge in [0.05, 0.1) is 11.7 Å². The van der Waals surface area contributed by atoms with Crippen LogP contribution in [0.25, 0.3) is 0 Å². The van der Waals surface area contributed by atoms with E-state index in [1.165, 1.54) is 5.56 Å². The smallest absolute Gasteiger partial charge is 0.152 e. The average molecular weight is 316 g/mol. The Bertz CT molecular complexity index is 576. The number of anilines is 2. The third-order valence-electron chi connectivity index (χ3n) is 3.77. The number of nitrogens with zero attached hydrogens (tertiary/aromatic N) is 2. The van der Waals surface area contributed by atoms with Gasteiger partial charge in [-0.05, 0) is 24.6 Å². The van der Waals surface area contributed by atoms with Crippen molar-refractivity contribution in [3.05, 3.63) is 54.2 Å². The second-order valence-electron chi connectivity index (χ2n) is 5.40. The predicted octanol–water partition coefficient (Wildman–Crippen LogP) is 2.95. The van der Waals surface area contributed by atoms with Crippen molar-refractivity contribution >= 4 is 24.1 Å². The van der Waals surface area contributed by atoms with Gasteiger partial charge in [0.2, 0.25) is 0 Å². The Morgan fingerprint density at radius 2 is 1.95 bits per heavy atom. The van der Waals surface area contributed by atoms with Crippen molar-refractivity contribution in [1.82, 2.24) is 4.98 Å². The van der Waals surface area contributed by atoms with Gasteiger partial charge in [0.15, 0.2) is 5.82 Å². The quantitative estimate of drug-likeness (QED) is 0.688. The van der Waals surface area contributed by atoms with Crippen molar-refractivity contribution in [2.75, 3.05) is 29.6 Å². The Balaban J connectivity index is 2.17. The summed E-state index contributed by atoms with van der Waals surface area (Å²) >= 11 is 4.22. The van der Waals surface area contributed by atoms with Crippen LogP contribution < -0.4 is 16.0 Å². The molecule has 0 aliphatic rings. The minimum atomic E-state index is 0.0215. The lowest BCUT2D eigenvalue weighted by Gasteiger charge is -2.28. The number of thiol groups is 1. The topological polar surface area (TPSA) is 54.2 Å². The van der Waals surface area contributed by atoms with E-state index in [-0.39, 0.29) is 12.1 Å². The maximum Gasteiger partial charge on any atom is 0.152 e. The van der Waals surface area contributed by atoms with Gasteiger partial charge in [-0.15, -0.1) is 0 Å². The molecule has 1 aromatic heterocycles. The molecular formula is C17H24N4S. The summed E-state index contributed by atoms with van der Waals surface area (Å²) in [5.74, 6) is 1.57. The average Bonchev–Trinajstić information content (AvgIpc) is 2.59. The fourth-order valence-corrected chi connectivity index (χ4v) is 2.39. The maximum absolute atomic E-state index is 5.92. The Kier molecular flexibility index (Phi) is 6.10. The van der Waals surface area contributed by atoms with Gasteiger partial charge < -0.3 is 16.0 Å². The van der Waals surface area contributed by atoms with Crippen LogP contribution in [-0.2, 0) is 0 Å². The molecule has 5 heteroatoms. The minimum absolute atomic E-state index is 0.0215. The van der Waals surface area contributed by atoms with Crippen LogP contribution in [0.1, 0.15) is 18.5 Å². The third kappa shape index (κ3) is 4.15. The van der Waals surface area contributed by atoms with Crippen molar-refractivity contribution in [1.29, 1.82) is 0 Å². The monoisotopic (exact) mass is 316 g/mol. The number of hydrogen-bond acceptors (Lipinski definition) is 5. The van der Waals surface area contributed by atoms with E-state index in [0.717, 1.165) is 11.5 Å². The van der Waals surface area contributed by atoms with Gasteiger partial charge in [0.1, 0.15) is 0 Å². The molecule has 0 spiro atoms. The largest absolute Gasteiger partial charge is 0.380 e. The second-order valence-corrected chi connectivity index (χ2v) is 5.76. The van der Waals surface area contributed by atoms with E-state index in [1.807, 2.05) is 24.4 Å². The molecule has 0 saturated heterocycles. The molecule has 118 valence electrons. The molecule has 0 amide bonds. The molecule has 0 fully saturated rings. The van der Waals surface area contributed by atoms with Gasteiger partial charge in [-0.2, -0.15) is 12.6 Å². The maximum atomic E-state index is 5.92. The zero-order valence-corrected chi connectivity index (χ0v) is 14.0. The Labute approximate surface area is 138 Å². The molecule has 3 N–H and O–H groups in total. The SMILES string of the molecule is C[C@H](c1ccccc1)N(C)c1ncccc1NCC(N)CS. The molecule has 2 rings (SSSR count). The van der Waals surface area contributed by atoms with Crippen LogP contribution >= 0.6 is 12.6 Å². The lowest BCUT2D eigenvalue weighted by atomic mass is 10.1. The molecule has 0 radical (unpaired) electrons. The highest BCUT2D eigenvalue weighted by Gasteiger charge is 2.16. The molecule has 0 bridgehead atoms. The van der Waals surface area contributed by atoms with E-state index in [2.05, 4.69) is 66.1 Å². The fraction of sp³-hybridized carbons (Fsp3) is 0.353. The number of benzene rings is 1. The highest BCUT2D eigenvalue weighted by molar-refractivity contribution is 7.80. The van der Waals surface area contributed by atoms with Crippen molar-refractivity contribution in [2.24, 2.45) is 5.73 Å². The zero-order valence-electron chi connectivity index (χ0n) is 13.1. The normalized spacial score (nSPS) is 13.5. The first kappa shape index (κ1) is 16.6. The Morgan fingerprint density at radius 1 is 1.23 bits per heavy atom. The van der Waals surface area contributed by atoms with E-state index >= 15 is 0 Å². The molecule has 4 nitrogen and oxygen atoms in total. The number of nitrogens with one attached hydrogen (secondary N) is 1. The first-order valence-electron chi connectivity index (χ1n) is 7.46. The number of nitrogens with two attached hydrogens (primary N) is 1. The van der Waals surface area contributed by atoms with Gasteiger partial charge in [-0.1, -0.05) is 30.3 Å².